The Labute approximate surface area is 204 Å². The lowest BCUT2D eigenvalue weighted by Gasteiger charge is -2.29. The van der Waals surface area contributed by atoms with Gasteiger partial charge in [-0.15, -0.1) is 0 Å². The van der Waals surface area contributed by atoms with E-state index in [1.807, 2.05) is 55.5 Å². The summed E-state index contributed by atoms with van der Waals surface area (Å²) in [4.78, 5) is 25.0. The highest BCUT2D eigenvalue weighted by atomic mass is 35.5. The molecule has 1 fully saturated rings. The van der Waals surface area contributed by atoms with Crippen LogP contribution in [0.15, 0.2) is 59.2 Å². The summed E-state index contributed by atoms with van der Waals surface area (Å²) in [6.45, 7) is 1.58. The highest BCUT2D eigenvalue weighted by molar-refractivity contribution is 6.30. The van der Waals surface area contributed by atoms with Gasteiger partial charge in [-0.2, -0.15) is 5.10 Å². The molecule has 0 bridgehead atoms. The summed E-state index contributed by atoms with van der Waals surface area (Å²) in [6, 6.07) is 14.9. The lowest BCUT2D eigenvalue weighted by molar-refractivity contribution is -0.153. The molecule has 1 aliphatic carbocycles. The van der Waals surface area contributed by atoms with Gasteiger partial charge in [-0.3, -0.25) is 9.59 Å². The third-order valence-corrected chi connectivity index (χ3v) is 6.49. The summed E-state index contributed by atoms with van der Waals surface area (Å²) in [5.74, 6) is -0.637. The first-order valence-electron chi connectivity index (χ1n) is 11.2. The average Bonchev–Trinajstić information content (AvgIpc) is 3.20. The van der Waals surface area contributed by atoms with Gasteiger partial charge < -0.3 is 4.74 Å². The molecule has 1 amide bonds. The lowest BCUT2D eigenvalue weighted by Crippen LogP contribution is -2.34. The van der Waals surface area contributed by atoms with E-state index in [0.717, 1.165) is 41.7 Å². The summed E-state index contributed by atoms with van der Waals surface area (Å²) in [7, 11) is 0. The molecule has 1 saturated carbocycles. The zero-order valence-corrected chi connectivity index (χ0v) is 20.0. The first kappa shape index (κ1) is 23.5. The van der Waals surface area contributed by atoms with Crippen LogP contribution in [-0.4, -0.2) is 29.2 Å². The Hall–Kier alpha value is -2.63. The van der Waals surface area contributed by atoms with Crippen LogP contribution in [0.1, 0.15) is 56.2 Å². The van der Waals surface area contributed by atoms with Crippen molar-refractivity contribution >= 4 is 46.9 Å². The number of fused-ring (bicyclic) bond motifs is 1. The van der Waals surface area contributed by atoms with Crippen molar-refractivity contribution in [2.24, 2.45) is 11.0 Å². The van der Waals surface area contributed by atoms with Crippen molar-refractivity contribution in [1.29, 1.82) is 0 Å². The van der Waals surface area contributed by atoms with E-state index in [1.165, 1.54) is 5.01 Å². The smallest absolute Gasteiger partial charge is 0.306 e. The number of hydrazone groups is 1. The molecule has 0 N–H and O–H groups in total. The number of carbonyl (C=O) groups excluding carboxylic acids is 2. The number of carbonyl (C=O) groups is 2. The number of hydrogen-bond acceptors (Lipinski definition) is 4. The maximum Gasteiger partial charge on any atom is 0.306 e. The Morgan fingerprint density at radius 2 is 1.76 bits per heavy atom. The van der Waals surface area contributed by atoms with Gasteiger partial charge in [-0.05, 0) is 72.7 Å². The Morgan fingerprint density at radius 1 is 1.09 bits per heavy atom. The van der Waals surface area contributed by atoms with Crippen LogP contribution in [0.5, 0.6) is 0 Å². The van der Waals surface area contributed by atoms with Crippen LogP contribution in [0.2, 0.25) is 10.0 Å². The summed E-state index contributed by atoms with van der Waals surface area (Å²) in [6.07, 6.45) is 5.89. The molecule has 7 heteroatoms. The second-order valence-electron chi connectivity index (χ2n) is 8.35. The summed E-state index contributed by atoms with van der Waals surface area (Å²) in [5, 5.41) is 7.62. The molecular weight excluding hydrogens is 459 g/mol. The van der Waals surface area contributed by atoms with E-state index >= 15 is 0 Å². The normalized spacial score (nSPS) is 21.0. The molecule has 2 unspecified atom stereocenters. The van der Waals surface area contributed by atoms with Gasteiger partial charge in [0, 0.05) is 22.4 Å². The van der Waals surface area contributed by atoms with Crippen molar-refractivity contribution in [2.45, 2.75) is 45.1 Å². The Kier molecular flexibility index (Phi) is 7.51. The number of benzene rings is 2. The van der Waals surface area contributed by atoms with E-state index in [4.69, 9.17) is 33.0 Å². The first-order chi connectivity index (χ1) is 16.0. The third kappa shape index (κ3) is 5.48. The van der Waals surface area contributed by atoms with Crippen LogP contribution < -0.4 is 0 Å². The van der Waals surface area contributed by atoms with E-state index in [-0.39, 0.29) is 30.4 Å². The fourth-order valence-corrected chi connectivity index (χ4v) is 4.70. The Morgan fingerprint density at radius 3 is 2.42 bits per heavy atom. The molecule has 0 spiro atoms. The zero-order chi connectivity index (χ0) is 23.4. The molecule has 1 heterocycles. The van der Waals surface area contributed by atoms with Crippen molar-refractivity contribution in [3.05, 3.63) is 75.3 Å². The number of amides is 1. The SMILES string of the molecule is CCCC(=O)OCC(=O)N1N=C2C(=Cc3ccc(Cl)cc3)CCCC2C1c1ccc(Cl)cc1. The van der Waals surface area contributed by atoms with E-state index in [9.17, 15) is 9.59 Å². The van der Waals surface area contributed by atoms with Gasteiger partial charge >= 0.3 is 5.97 Å². The maximum absolute atomic E-state index is 13.1. The van der Waals surface area contributed by atoms with Crippen molar-refractivity contribution in [1.82, 2.24) is 5.01 Å². The molecule has 0 aromatic heterocycles. The van der Waals surface area contributed by atoms with Crippen molar-refractivity contribution in [3.63, 3.8) is 0 Å². The lowest BCUT2D eigenvalue weighted by atomic mass is 9.77. The number of hydrogen-bond donors (Lipinski definition) is 0. The summed E-state index contributed by atoms with van der Waals surface area (Å²) < 4.78 is 5.20. The predicted molar refractivity (Wildman–Crippen MR) is 131 cm³/mol. The molecule has 2 aliphatic rings. The highest BCUT2D eigenvalue weighted by Crippen LogP contribution is 2.44. The number of ether oxygens (including phenoxy) is 1. The minimum absolute atomic E-state index is 0.0637. The molecule has 2 atom stereocenters. The second kappa shape index (κ2) is 10.5. The van der Waals surface area contributed by atoms with Crippen LogP contribution in [0, 0.1) is 5.92 Å². The molecule has 0 saturated heterocycles. The predicted octanol–water partition coefficient (Wildman–Crippen LogP) is 6.46. The summed E-state index contributed by atoms with van der Waals surface area (Å²) in [5.41, 5.74) is 4.04. The van der Waals surface area contributed by atoms with Crippen molar-refractivity contribution < 1.29 is 14.3 Å². The van der Waals surface area contributed by atoms with Crippen LogP contribution in [0.3, 0.4) is 0 Å². The standard InChI is InChI=1S/C26H26Cl2N2O3/c1-2-4-24(32)33-16-23(31)30-26(18-9-13-21(28)14-10-18)22-6-3-5-19(25(22)29-30)15-17-7-11-20(27)12-8-17/h7-15,22,26H,2-6,16H2,1H3. The quantitative estimate of drug-likeness (QED) is 0.442. The van der Waals surface area contributed by atoms with Crippen LogP contribution >= 0.6 is 23.2 Å². The number of allylic oxidation sites excluding steroid dienone is 1. The van der Waals surface area contributed by atoms with E-state index < -0.39 is 0 Å². The molecule has 33 heavy (non-hydrogen) atoms. The molecule has 172 valence electrons. The maximum atomic E-state index is 13.1. The minimum atomic E-state index is -0.374. The first-order valence-corrected chi connectivity index (χ1v) is 12.0. The number of rotatable bonds is 6. The highest BCUT2D eigenvalue weighted by Gasteiger charge is 2.43. The van der Waals surface area contributed by atoms with Gasteiger partial charge in [0.05, 0.1) is 11.8 Å². The monoisotopic (exact) mass is 484 g/mol. The molecule has 0 radical (unpaired) electrons. The van der Waals surface area contributed by atoms with Gasteiger partial charge in [-0.1, -0.05) is 54.4 Å². The largest absolute Gasteiger partial charge is 0.455 e. The molecular formula is C26H26Cl2N2O3. The molecule has 5 nitrogen and oxygen atoms in total. The van der Waals surface area contributed by atoms with Crippen molar-refractivity contribution in [3.8, 4) is 0 Å². The topological polar surface area (TPSA) is 59.0 Å². The molecule has 1 aliphatic heterocycles. The molecule has 2 aromatic rings. The van der Waals surface area contributed by atoms with Crippen LogP contribution in [-0.2, 0) is 14.3 Å². The van der Waals surface area contributed by atoms with E-state index in [0.29, 0.717) is 22.9 Å². The van der Waals surface area contributed by atoms with Gasteiger partial charge in [0.2, 0.25) is 0 Å². The third-order valence-electron chi connectivity index (χ3n) is 5.99. The summed E-state index contributed by atoms with van der Waals surface area (Å²) >= 11 is 12.1. The average molecular weight is 485 g/mol. The molecule has 4 rings (SSSR count). The minimum Gasteiger partial charge on any atom is -0.455 e. The van der Waals surface area contributed by atoms with Gasteiger partial charge in [-0.25, -0.2) is 5.01 Å². The van der Waals surface area contributed by atoms with Crippen LogP contribution in [0.25, 0.3) is 6.08 Å². The van der Waals surface area contributed by atoms with E-state index in [1.54, 1.807) is 0 Å². The Bertz CT molecular complexity index is 1080. The molecule has 2 aromatic carbocycles. The number of esters is 1. The fourth-order valence-electron chi connectivity index (χ4n) is 4.45. The van der Waals surface area contributed by atoms with Gasteiger partial charge in [0.1, 0.15) is 0 Å². The second-order valence-corrected chi connectivity index (χ2v) is 9.22. The zero-order valence-electron chi connectivity index (χ0n) is 18.5. The Balaban J connectivity index is 1.66. The van der Waals surface area contributed by atoms with E-state index in [2.05, 4.69) is 6.08 Å². The van der Waals surface area contributed by atoms with Crippen molar-refractivity contribution in [2.75, 3.05) is 6.61 Å². The number of nitrogens with zero attached hydrogens (tertiary/aromatic N) is 2. The number of halogens is 2. The van der Waals surface area contributed by atoms with Crippen LogP contribution in [0.4, 0.5) is 0 Å². The van der Waals surface area contributed by atoms with Gasteiger partial charge in [0.25, 0.3) is 5.91 Å². The fraction of sp³-hybridized carbons (Fsp3) is 0.346. The van der Waals surface area contributed by atoms with Gasteiger partial charge in [0.15, 0.2) is 6.61 Å².